The molecule has 3 fully saturated rings. The first-order valence-corrected chi connectivity index (χ1v) is 19.7. The van der Waals surface area contributed by atoms with Crippen molar-refractivity contribution in [1.82, 2.24) is 9.80 Å². The highest BCUT2D eigenvalue weighted by Crippen LogP contribution is 2.40. The highest BCUT2D eigenvalue weighted by Gasteiger charge is 2.52. The van der Waals surface area contributed by atoms with Crippen LogP contribution in [-0.2, 0) is 33.2 Å². The van der Waals surface area contributed by atoms with Gasteiger partial charge < -0.3 is 63.8 Å². The van der Waals surface area contributed by atoms with Gasteiger partial charge in [-0.05, 0) is 87.7 Å². The Balaban J connectivity index is 2.14. The highest BCUT2D eigenvalue weighted by atomic mass is 16.7. The molecule has 0 aromatic carbocycles. The van der Waals surface area contributed by atoms with Crippen molar-refractivity contribution < 1.29 is 58.7 Å². The number of rotatable bonds is 9. The maximum Gasteiger partial charge on any atom is 0.311 e. The molecule has 14 heteroatoms. The third-order valence-electron chi connectivity index (χ3n) is 12.5. The van der Waals surface area contributed by atoms with E-state index < -0.39 is 89.9 Å². The number of esters is 1. The molecule has 53 heavy (non-hydrogen) atoms. The first kappa shape index (κ1) is 46.4. The summed E-state index contributed by atoms with van der Waals surface area (Å²) in [5.74, 6) is -2.39. The Morgan fingerprint density at radius 1 is 0.943 bits per heavy atom. The molecule has 0 bridgehead atoms. The molecule has 3 aliphatic heterocycles. The minimum atomic E-state index is -1.78. The van der Waals surface area contributed by atoms with E-state index in [0.29, 0.717) is 19.5 Å². The Hall–Kier alpha value is -1.01. The normalized spacial score (nSPS) is 47.5. The third kappa shape index (κ3) is 11.1. The molecule has 3 aliphatic rings. The highest BCUT2D eigenvalue weighted by molar-refractivity contribution is 5.73. The average molecular weight is 763 g/mol. The van der Waals surface area contributed by atoms with Crippen molar-refractivity contribution in [3.8, 4) is 0 Å². The van der Waals surface area contributed by atoms with Gasteiger partial charge in [0.05, 0.1) is 48.1 Å². The number of ether oxygens (including phenoxy) is 6. The molecule has 0 amide bonds. The van der Waals surface area contributed by atoms with Crippen LogP contribution in [0, 0.1) is 17.8 Å². The summed E-state index contributed by atoms with van der Waals surface area (Å²) >= 11 is 0. The predicted octanol–water partition coefficient (Wildman–Crippen LogP) is 2.29. The zero-order chi connectivity index (χ0) is 40.2. The number of methoxy groups -OCH3 is 1. The number of cyclic esters (lactones) is 1. The molecule has 0 saturated carbocycles. The summed E-state index contributed by atoms with van der Waals surface area (Å²) in [6.45, 7) is 18.9. The van der Waals surface area contributed by atoms with Crippen LogP contribution in [0.5, 0.6) is 0 Å². The number of aliphatic hydroxyl groups excluding tert-OH is 3. The van der Waals surface area contributed by atoms with Crippen LogP contribution in [0.15, 0.2) is 0 Å². The average Bonchev–Trinajstić information content (AvgIpc) is 3.08. The van der Waals surface area contributed by atoms with E-state index in [0.717, 1.165) is 6.42 Å². The Morgan fingerprint density at radius 3 is 2.17 bits per heavy atom. The van der Waals surface area contributed by atoms with Gasteiger partial charge in [0, 0.05) is 51.0 Å². The lowest BCUT2D eigenvalue weighted by molar-refractivity contribution is -0.308. The zero-order valence-electron chi connectivity index (χ0n) is 34.7. The molecule has 0 spiro atoms. The fraction of sp³-hybridized carbons (Fsp3) is 0.974. The van der Waals surface area contributed by atoms with Crippen LogP contribution in [-0.4, -0.2) is 166 Å². The minimum Gasteiger partial charge on any atom is -0.459 e. The number of likely N-dealkylation sites (N-methyl/N-ethyl adjacent to an activating group) is 2. The second-order valence-corrected chi connectivity index (χ2v) is 17.3. The van der Waals surface area contributed by atoms with Gasteiger partial charge in [-0.1, -0.05) is 20.8 Å². The molecular formula is C39H74N2O12. The second kappa shape index (κ2) is 19.0. The van der Waals surface area contributed by atoms with E-state index in [4.69, 9.17) is 28.4 Å². The molecule has 312 valence electrons. The van der Waals surface area contributed by atoms with Crippen molar-refractivity contribution in [3.05, 3.63) is 0 Å². The lowest BCUT2D eigenvalue weighted by Crippen LogP contribution is -2.59. The van der Waals surface area contributed by atoms with E-state index in [-0.39, 0.29) is 43.9 Å². The van der Waals surface area contributed by atoms with Crippen molar-refractivity contribution in [3.63, 3.8) is 0 Å². The molecule has 0 unspecified atom stereocenters. The summed E-state index contributed by atoms with van der Waals surface area (Å²) in [4.78, 5) is 18.3. The Labute approximate surface area is 318 Å². The Kier molecular flexibility index (Phi) is 16.6. The van der Waals surface area contributed by atoms with Gasteiger partial charge in [-0.3, -0.25) is 4.79 Å². The van der Waals surface area contributed by atoms with E-state index in [1.807, 2.05) is 46.7 Å². The summed E-state index contributed by atoms with van der Waals surface area (Å²) in [6.07, 6.45) is -5.61. The van der Waals surface area contributed by atoms with Crippen LogP contribution in [0.25, 0.3) is 0 Å². The van der Waals surface area contributed by atoms with Gasteiger partial charge in [0.15, 0.2) is 12.6 Å². The van der Waals surface area contributed by atoms with E-state index in [1.165, 1.54) is 14.0 Å². The lowest BCUT2D eigenvalue weighted by Gasteiger charge is -2.48. The zero-order valence-corrected chi connectivity index (χ0v) is 34.7. The third-order valence-corrected chi connectivity index (χ3v) is 12.5. The van der Waals surface area contributed by atoms with Gasteiger partial charge in [-0.25, -0.2) is 0 Å². The van der Waals surface area contributed by atoms with Crippen LogP contribution < -0.4 is 0 Å². The predicted molar refractivity (Wildman–Crippen MR) is 199 cm³/mol. The molecule has 3 rings (SSSR count). The first-order chi connectivity index (χ1) is 24.5. The molecular weight excluding hydrogens is 688 g/mol. The van der Waals surface area contributed by atoms with Crippen LogP contribution >= 0.6 is 0 Å². The number of nitrogens with zero attached hydrogens (tertiary/aromatic N) is 2. The molecule has 14 nitrogen and oxygen atoms in total. The summed E-state index contributed by atoms with van der Waals surface area (Å²) in [7, 11) is 5.34. The van der Waals surface area contributed by atoms with Crippen molar-refractivity contribution in [2.24, 2.45) is 17.8 Å². The lowest BCUT2D eigenvalue weighted by atomic mass is 9.77. The van der Waals surface area contributed by atoms with Crippen molar-refractivity contribution in [1.29, 1.82) is 0 Å². The number of hydrogen-bond donors (Lipinski definition) is 5. The van der Waals surface area contributed by atoms with Gasteiger partial charge in [-0.15, -0.1) is 0 Å². The fourth-order valence-corrected chi connectivity index (χ4v) is 8.96. The molecule has 3 saturated heterocycles. The van der Waals surface area contributed by atoms with Crippen LogP contribution in [0.1, 0.15) is 101 Å². The standard InChI is InChI=1S/C39H74N2O12/c1-14-29-39(10,47)33(43)26(6)41(12)21-22(2)19-37(8,46)35(53-30-18-28(17-23(3)49-30)40(11)15-16-42)24(4)32(25(5)36(45)51-29)52-31-20-38(9,48-13)34(44)27(7)50-31/h22-35,42-44,46-47H,14-21H2,1-13H3/t22-,23-,24+,25-,26-,27+,28+,29-,30+,31+,32+,33-,34+,35-,37-,38-,39-/m1/s1. The smallest absolute Gasteiger partial charge is 0.311 e. The number of hydrogen-bond acceptors (Lipinski definition) is 14. The number of aliphatic hydroxyl groups is 5. The van der Waals surface area contributed by atoms with Crippen molar-refractivity contribution >= 4 is 5.97 Å². The summed E-state index contributed by atoms with van der Waals surface area (Å²) in [5, 5.41) is 56.4. The summed E-state index contributed by atoms with van der Waals surface area (Å²) in [5.41, 5.74) is -4.26. The van der Waals surface area contributed by atoms with Gasteiger partial charge in [0.25, 0.3) is 0 Å². The summed E-state index contributed by atoms with van der Waals surface area (Å²) < 4.78 is 37.9. The van der Waals surface area contributed by atoms with E-state index in [9.17, 15) is 30.3 Å². The van der Waals surface area contributed by atoms with Gasteiger partial charge in [-0.2, -0.15) is 0 Å². The van der Waals surface area contributed by atoms with Crippen LogP contribution in [0.4, 0.5) is 0 Å². The van der Waals surface area contributed by atoms with Gasteiger partial charge >= 0.3 is 5.97 Å². The van der Waals surface area contributed by atoms with Crippen LogP contribution in [0.3, 0.4) is 0 Å². The van der Waals surface area contributed by atoms with E-state index in [2.05, 4.69) is 4.90 Å². The minimum absolute atomic E-state index is 0.0203. The second-order valence-electron chi connectivity index (χ2n) is 17.3. The summed E-state index contributed by atoms with van der Waals surface area (Å²) in [6, 6.07) is -0.454. The largest absolute Gasteiger partial charge is 0.459 e. The maximum absolute atomic E-state index is 14.2. The molecule has 0 aromatic heterocycles. The Morgan fingerprint density at radius 2 is 1.58 bits per heavy atom. The molecule has 0 radical (unpaired) electrons. The molecule has 0 aliphatic carbocycles. The molecule has 3 heterocycles. The van der Waals surface area contributed by atoms with Crippen LogP contribution in [0.2, 0.25) is 0 Å². The number of carbonyl (C=O) groups is 1. The fourth-order valence-electron chi connectivity index (χ4n) is 8.96. The maximum atomic E-state index is 14.2. The van der Waals surface area contributed by atoms with E-state index >= 15 is 0 Å². The van der Waals surface area contributed by atoms with Gasteiger partial charge in [0.2, 0.25) is 0 Å². The number of carbonyl (C=O) groups excluding carboxylic acids is 1. The van der Waals surface area contributed by atoms with Crippen molar-refractivity contribution in [2.75, 3.05) is 40.9 Å². The molecule has 5 N–H and O–H groups in total. The van der Waals surface area contributed by atoms with Gasteiger partial charge in [0.1, 0.15) is 23.9 Å². The van der Waals surface area contributed by atoms with E-state index in [1.54, 1.807) is 34.6 Å². The quantitative estimate of drug-likeness (QED) is 0.216. The molecule has 17 atom stereocenters. The first-order valence-electron chi connectivity index (χ1n) is 19.7. The monoisotopic (exact) mass is 763 g/mol. The van der Waals surface area contributed by atoms with Crippen molar-refractivity contribution in [2.45, 2.75) is 186 Å². The topological polar surface area (TPSA) is 180 Å². The Bertz CT molecular complexity index is 1150. The SMILES string of the molecule is CC[C@H]1OC(=O)[C@H](C)[C@@H](O[C@H]2C[C@@](C)(OC)[C@@H](O)[C@H](C)O2)[C@H](C)[C@@H](O[C@H]2C[C@@H](N(C)CCO)C[C@@H](C)O2)[C@](C)(O)C[C@@H](C)CN(C)[C@H](C)[C@@H](O)[C@]1(C)O. The molecule has 0 aromatic rings.